The van der Waals surface area contributed by atoms with E-state index in [1.807, 2.05) is 0 Å². The summed E-state index contributed by atoms with van der Waals surface area (Å²) in [7, 11) is 0. The van der Waals surface area contributed by atoms with Gasteiger partial charge >= 0.3 is 5.97 Å². The van der Waals surface area contributed by atoms with Crippen LogP contribution in [0.1, 0.15) is 84.5 Å². The van der Waals surface area contributed by atoms with E-state index in [0.29, 0.717) is 39.1 Å². The Morgan fingerprint density at radius 2 is 1.14 bits per heavy atom. The molecule has 0 fully saturated rings. The fourth-order valence-corrected chi connectivity index (χ4v) is 2.96. The van der Waals surface area contributed by atoms with Crippen LogP contribution >= 0.6 is 0 Å². The van der Waals surface area contributed by atoms with Crippen LogP contribution in [0.4, 0.5) is 0 Å². The first kappa shape index (κ1) is 27.3. The van der Waals surface area contributed by atoms with Gasteiger partial charge in [0.25, 0.3) is 0 Å². The van der Waals surface area contributed by atoms with E-state index in [4.69, 9.17) is 24.1 Å². The minimum atomic E-state index is -0.965. The van der Waals surface area contributed by atoms with E-state index in [9.17, 15) is 4.79 Å². The van der Waals surface area contributed by atoms with Crippen LogP contribution in [0.5, 0.6) is 0 Å². The van der Waals surface area contributed by atoms with Gasteiger partial charge in [0, 0.05) is 0 Å². The van der Waals surface area contributed by atoms with Gasteiger partial charge in [-0.25, -0.2) is 4.79 Å². The molecule has 0 heterocycles. The summed E-state index contributed by atoms with van der Waals surface area (Å²) >= 11 is 0. The third-order valence-corrected chi connectivity index (χ3v) is 4.56. The molecule has 0 saturated heterocycles. The molecule has 0 aliphatic rings. The van der Waals surface area contributed by atoms with Gasteiger partial charge in [0.15, 0.2) is 0 Å². The van der Waals surface area contributed by atoms with E-state index >= 15 is 0 Å². The number of carboxylic acid groups (broad SMARTS) is 1. The summed E-state index contributed by atoms with van der Waals surface area (Å²) < 4.78 is 21.8. The molecule has 0 aromatic heterocycles. The molecule has 1 unspecified atom stereocenters. The largest absolute Gasteiger partial charge is 0.480 e. The highest BCUT2D eigenvalue weighted by molar-refractivity contribution is 5.67. The highest BCUT2D eigenvalue weighted by Crippen LogP contribution is 2.15. The Hall–Kier alpha value is -0.690. The molecule has 28 heavy (non-hydrogen) atoms. The number of carbonyl (C=O) groups is 1. The predicted octanol–water partition coefficient (Wildman–Crippen LogP) is 4.84. The topological polar surface area (TPSA) is 74.2 Å². The van der Waals surface area contributed by atoms with Crippen LogP contribution < -0.4 is 0 Å². The van der Waals surface area contributed by atoms with Crippen LogP contribution in [0.3, 0.4) is 0 Å². The molecule has 0 amide bonds. The lowest BCUT2D eigenvalue weighted by molar-refractivity contribution is -0.142. The van der Waals surface area contributed by atoms with Crippen LogP contribution in [-0.2, 0) is 23.7 Å². The molecular weight excluding hydrogens is 360 g/mol. The standard InChI is InChI=1S/C22H44O6/c1-3-5-7-9-11-13-21(12-10-8-6-4-2)28-19-18-26-15-14-25-16-17-27-20-22(23)24/h21H,3-20H2,1-2H3,(H,23,24). The molecule has 168 valence electrons. The Morgan fingerprint density at radius 3 is 1.68 bits per heavy atom. The zero-order valence-corrected chi connectivity index (χ0v) is 18.3. The molecule has 1 atom stereocenters. The van der Waals surface area contributed by atoms with Crippen molar-refractivity contribution in [2.45, 2.75) is 90.6 Å². The second-order valence-corrected chi connectivity index (χ2v) is 7.22. The monoisotopic (exact) mass is 404 g/mol. The predicted molar refractivity (Wildman–Crippen MR) is 112 cm³/mol. The smallest absolute Gasteiger partial charge is 0.329 e. The molecule has 0 radical (unpaired) electrons. The molecule has 0 aromatic carbocycles. The van der Waals surface area contributed by atoms with Crippen LogP contribution in [0.2, 0.25) is 0 Å². The highest BCUT2D eigenvalue weighted by atomic mass is 16.6. The molecule has 0 aliphatic carbocycles. The normalized spacial score (nSPS) is 12.4. The quantitative estimate of drug-likeness (QED) is 0.246. The summed E-state index contributed by atoms with van der Waals surface area (Å²) in [5, 5.41) is 8.43. The summed E-state index contributed by atoms with van der Waals surface area (Å²) in [6.45, 7) is 7.08. The van der Waals surface area contributed by atoms with Crippen LogP contribution in [0.15, 0.2) is 0 Å². The first-order valence-corrected chi connectivity index (χ1v) is 11.3. The summed E-state index contributed by atoms with van der Waals surface area (Å²) in [5.41, 5.74) is 0. The Bertz CT molecular complexity index is 324. The second kappa shape index (κ2) is 22.6. The van der Waals surface area contributed by atoms with Gasteiger partial charge in [0.2, 0.25) is 0 Å². The van der Waals surface area contributed by atoms with E-state index in [1.165, 1.54) is 57.8 Å². The van der Waals surface area contributed by atoms with E-state index < -0.39 is 5.97 Å². The van der Waals surface area contributed by atoms with Gasteiger partial charge in [-0.15, -0.1) is 0 Å². The average Bonchev–Trinajstić information content (AvgIpc) is 2.68. The van der Waals surface area contributed by atoms with E-state index in [-0.39, 0.29) is 13.2 Å². The number of ether oxygens (including phenoxy) is 4. The van der Waals surface area contributed by atoms with Crippen molar-refractivity contribution in [2.24, 2.45) is 0 Å². The van der Waals surface area contributed by atoms with Crippen LogP contribution in [-0.4, -0.2) is 63.4 Å². The van der Waals surface area contributed by atoms with Gasteiger partial charge < -0.3 is 24.1 Å². The molecule has 0 spiro atoms. The van der Waals surface area contributed by atoms with Crippen molar-refractivity contribution in [3.63, 3.8) is 0 Å². The molecule has 0 rings (SSSR count). The number of hydrogen-bond acceptors (Lipinski definition) is 5. The summed E-state index contributed by atoms with van der Waals surface area (Å²) in [6, 6.07) is 0. The minimum absolute atomic E-state index is 0.282. The van der Waals surface area contributed by atoms with E-state index in [2.05, 4.69) is 13.8 Å². The van der Waals surface area contributed by atoms with Gasteiger partial charge in [-0.2, -0.15) is 0 Å². The number of unbranched alkanes of at least 4 members (excludes halogenated alkanes) is 7. The maximum Gasteiger partial charge on any atom is 0.329 e. The van der Waals surface area contributed by atoms with Crippen LogP contribution in [0, 0.1) is 0 Å². The number of rotatable bonds is 23. The fourth-order valence-electron chi connectivity index (χ4n) is 2.96. The third-order valence-electron chi connectivity index (χ3n) is 4.56. The van der Waals surface area contributed by atoms with Gasteiger partial charge in [-0.05, 0) is 12.8 Å². The molecule has 1 N–H and O–H groups in total. The SMILES string of the molecule is CCCCCCCC(CCCCCC)OCCOCCOCCOCC(=O)O. The minimum Gasteiger partial charge on any atom is -0.480 e. The zero-order valence-electron chi connectivity index (χ0n) is 18.3. The average molecular weight is 405 g/mol. The molecule has 6 heteroatoms. The first-order valence-electron chi connectivity index (χ1n) is 11.3. The lowest BCUT2D eigenvalue weighted by atomic mass is 10.0. The van der Waals surface area contributed by atoms with E-state index in [0.717, 1.165) is 12.8 Å². The number of aliphatic carboxylic acids is 1. The maximum atomic E-state index is 10.3. The van der Waals surface area contributed by atoms with Crippen LogP contribution in [0.25, 0.3) is 0 Å². The summed E-state index contributed by atoms with van der Waals surface area (Å²) in [4.78, 5) is 10.3. The molecule has 0 saturated carbocycles. The van der Waals surface area contributed by atoms with Crippen molar-refractivity contribution in [1.29, 1.82) is 0 Å². The van der Waals surface area contributed by atoms with Crippen molar-refractivity contribution < 1.29 is 28.8 Å². The maximum absolute atomic E-state index is 10.3. The zero-order chi connectivity index (χ0) is 20.7. The lowest BCUT2D eigenvalue weighted by Crippen LogP contribution is -2.18. The Kier molecular flexibility index (Phi) is 22.0. The Balaban J connectivity index is 3.62. The number of hydrogen-bond donors (Lipinski definition) is 1. The molecule has 0 bridgehead atoms. The fraction of sp³-hybridized carbons (Fsp3) is 0.955. The van der Waals surface area contributed by atoms with Gasteiger partial charge in [0.05, 0.1) is 45.7 Å². The summed E-state index contributed by atoms with van der Waals surface area (Å²) in [5.74, 6) is -0.965. The van der Waals surface area contributed by atoms with Gasteiger partial charge in [0.1, 0.15) is 6.61 Å². The molecule has 0 aliphatic heterocycles. The number of carboxylic acids is 1. The van der Waals surface area contributed by atoms with Crippen molar-refractivity contribution in [3.05, 3.63) is 0 Å². The lowest BCUT2D eigenvalue weighted by Gasteiger charge is -2.18. The Morgan fingerprint density at radius 1 is 0.679 bits per heavy atom. The van der Waals surface area contributed by atoms with E-state index in [1.54, 1.807) is 0 Å². The third kappa shape index (κ3) is 21.6. The first-order chi connectivity index (χ1) is 13.7. The second-order valence-electron chi connectivity index (χ2n) is 7.22. The molecule has 6 nitrogen and oxygen atoms in total. The van der Waals surface area contributed by atoms with Crippen molar-refractivity contribution >= 4 is 5.97 Å². The molecular formula is C22H44O6. The Labute approximate surface area is 172 Å². The van der Waals surface area contributed by atoms with Gasteiger partial charge in [-0.1, -0.05) is 71.6 Å². The molecule has 0 aromatic rings. The van der Waals surface area contributed by atoms with Gasteiger partial charge in [-0.3, -0.25) is 0 Å². The van der Waals surface area contributed by atoms with Crippen molar-refractivity contribution in [2.75, 3.05) is 46.2 Å². The van der Waals surface area contributed by atoms with Crippen molar-refractivity contribution in [3.8, 4) is 0 Å². The highest BCUT2D eigenvalue weighted by Gasteiger charge is 2.09. The van der Waals surface area contributed by atoms with Crippen molar-refractivity contribution in [1.82, 2.24) is 0 Å². The summed E-state index contributed by atoms with van der Waals surface area (Å²) in [6.07, 6.45) is 14.4.